The second-order valence-electron chi connectivity index (χ2n) is 10.1. The van der Waals surface area contributed by atoms with Gasteiger partial charge in [-0.3, -0.25) is 4.79 Å². The van der Waals surface area contributed by atoms with Crippen LogP contribution in [-0.4, -0.2) is 5.78 Å². The zero-order chi connectivity index (χ0) is 16.4. The molecule has 4 fully saturated rings. The molecule has 0 aromatic carbocycles. The number of ketones is 1. The van der Waals surface area contributed by atoms with Crippen molar-refractivity contribution in [1.29, 1.82) is 0 Å². The van der Waals surface area contributed by atoms with Crippen LogP contribution in [0.1, 0.15) is 85.5 Å². The van der Waals surface area contributed by atoms with Gasteiger partial charge in [-0.1, -0.05) is 40.5 Å². The van der Waals surface area contributed by atoms with Crippen LogP contribution in [-0.2, 0) is 4.79 Å². The lowest BCUT2D eigenvalue weighted by Gasteiger charge is -2.60. The van der Waals surface area contributed by atoms with Gasteiger partial charge in [0, 0.05) is 11.3 Å². The Morgan fingerprint density at radius 1 is 1.00 bits per heavy atom. The summed E-state index contributed by atoms with van der Waals surface area (Å²) in [4.78, 5) is 12.8. The summed E-state index contributed by atoms with van der Waals surface area (Å²) in [5, 5.41) is 0. The molecular weight excluding hydrogens is 280 g/mol. The fourth-order valence-electron chi connectivity index (χ4n) is 8.05. The first kappa shape index (κ1) is 16.2. The van der Waals surface area contributed by atoms with Crippen LogP contribution >= 0.6 is 0 Å². The van der Waals surface area contributed by atoms with Gasteiger partial charge in [-0.2, -0.15) is 0 Å². The molecule has 0 amide bonds. The molecule has 4 aliphatic rings. The molecule has 130 valence electrons. The molecule has 0 radical (unpaired) electrons. The summed E-state index contributed by atoms with van der Waals surface area (Å²) in [7, 11) is 0. The Hall–Kier alpha value is -0.330. The molecule has 0 bridgehead atoms. The molecule has 0 aromatic rings. The van der Waals surface area contributed by atoms with Crippen LogP contribution < -0.4 is 0 Å². The molecule has 0 spiro atoms. The molecule has 0 N–H and O–H groups in total. The average molecular weight is 317 g/mol. The lowest BCUT2D eigenvalue weighted by atomic mass is 9.45. The van der Waals surface area contributed by atoms with Gasteiger partial charge in [-0.15, -0.1) is 0 Å². The first-order valence-corrected chi connectivity index (χ1v) is 10.5. The number of carbonyl (C=O) groups is 1. The summed E-state index contributed by atoms with van der Waals surface area (Å²) >= 11 is 0. The number of Topliss-reactive ketones (excluding diaryl/α,β-unsaturated/α-hetero) is 1. The minimum atomic E-state index is 0.0365. The smallest absolute Gasteiger partial charge is 0.141 e. The van der Waals surface area contributed by atoms with E-state index in [4.69, 9.17) is 0 Å². The van der Waals surface area contributed by atoms with Crippen molar-refractivity contribution in [2.45, 2.75) is 85.5 Å². The highest BCUT2D eigenvalue weighted by molar-refractivity contribution is 5.89. The van der Waals surface area contributed by atoms with E-state index in [9.17, 15) is 4.79 Å². The van der Waals surface area contributed by atoms with Gasteiger partial charge in [0.2, 0.25) is 0 Å². The second kappa shape index (κ2) is 5.33. The highest BCUT2D eigenvalue weighted by atomic mass is 16.1. The number of hydrogen-bond acceptors (Lipinski definition) is 1. The number of carbonyl (C=O) groups excluding carboxylic acids is 1. The maximum atomic E-state index is 12.8. The predicted molar refractivity (Wildman–Crippen MR) is 95.1 cm³/mol. The van der Waals surface area contributed by atoms with E-state index >= 15 is 0 Å². The van der Waals surface area contributed by atoms with Gasteiger partial charge < -0.3 is 0 Å². The summed E-state index contributed by atoms with van der Waals surface area (Å²) in [6, 6.07) is 0. The fraction of sp³-hybridized carbons (Fsp3) is 0.955. The summed E-state index contributed by atoms with van der Waals surface area (Å²) in [6.07, 6.45) is 12.4. The van der Waals surface area contributed by atoms with E-state index < -0.39 is 0 Å². The molecule has 1 heteroatoms. The van der Waals surface area contributed by atoms with E-state index in [2.05, 4.69) is 27.7 Å². The zero-order valence-electron chi connectivity index (χ0n) is 15.7. The van der Waals surface area contributed by atoms with Gasteiger partial charge in [0.1, 0.15) is 5.78 Å². The van der Waals surface area contributed by atoms with Gasteiger partial charge in [0.05, 0.1) is 0 Å². The molecule has 23 heavy (non-hydrogen) atoms. The molecule has 8 atom stereocenters. The van der Waals surface area contributed by atoms with Crippen molar-refractivity contribution in [3.63, 3.8) is 0 Å². The topological polar surface area (TPSA) is 17.1 Å². The van der Waals surface area contributed by atoms with Crippen LogP contribution in [0.25, 0.3) is 0 Å². The molecule has 1 nitrogen and oxygen atoms in total. The Bertz CT molecular complexity index is 496. The van der Waals surface area contributed by atoms with E-state index in [1.807, 2.05) is 0 Å². The van der Waals surface area contributed by atoms with Gasteiger partial charge in [-0.25, -0.2) is 0 Å². The first-order valence-electron chi connectivity index (χ1n) is 10.5. The quantitative estimate of drug-likeness (QED) is 0.591. The summed E-state index contributed by atoms with van der Waals surface area (Å²) in [6.45, 7) is 9.46. The van der Waals surface area contributed by atoms with Crippen molar-refractivity contribution >= 4 is 5.78 Å². The normalized spacial score (nSPS) is 55.9. The Morgan fingerprint density at radius 2 is 1.70 bits per heavy atom. The van der Waals surface area contributed by atoms with Crippen molar-refractivity contribution in [3.05, 3.63) is 0 Å². The number of rotatable bonds is 1. The van der Waals surface area contributed by atoms with Gasteiger partial charge in [0.25, 0.3) is 0 Å². The minimum Gasteiger partial charge on any atom is -0.299 e. The van der Waals surface area contributed by atoms with Gasteiger partial charge in [-0.05, 0) is 80.0 Å². The van der Waals surface area contributed by atoms with E-state index in [1.165, 1.54) is 57.8 Å². The average Bonchev–Trinajstić information content (AvgIpc) is 2.78. The molecule has 0 heterocycles. The van der Waals surface area contributed by atoms with Crippen molar-refractivity contribution in [2.75, 3.05) is 0 Å². The monoisotopic (exact) mass is 316 g/mol. The van der Waals surface area contributed by atoms with Crippen molar-refractivity contribution in [1.82, 2.24) is 0 Å². The Labute approximate surface area is 143 Å². The number of hydrogen-bond donors (Lipinski definition) is 0. The number of fused-ring (bicyclic) bond motifs is 5. The van der Waals surface area contributed by atoms with Crippen LogP contribution in [0.3, 0.4) is 0 Å². The molecule has 0 aliphatic heterocycles. The van der Waals surface area contributed by atoms with Crippen LogP contribution in [0.5, 0.6) is 0 Å². The maximum absolute atomic E-state index is 12.8. The molecule has 7 unspecified atom stereocenters. The standard InChI is InChI=1S/C22H36O/c1-5-22-11-9-17-16(18(22)7-6-14(2)13-22)8-10-21(4)19(17)12-15(3)20(21)23/h14-19H,5-13H2,1-4H3/t14?,15?,16?,17?,18?,19?,21?,22-/m1/s1. The lowest BCUT2D eigenvalue weighted by molar-refractivity contribution is -0.139. The summed E-state index contributed by atoms with van der Waals surface area (Å²) in [5.41, 5.74) is 0.690. The highest BCUT2D eigenvalue weighted by Gasteiger charge is 2.60. The van der Waals surface area contributed by atoms with E-state index in [0.29, 0.717) is 23.0 Å². The molecule has 4 saturated carbocycles. The van der Waals surface area contributed by atoms with E-state index in [0.717, 1.165) is 23.7 Å². The Morgan fingerprint density at radius 3 is 2.43 bits per heavy atom. The molecule has 0 saturated heterocycles. The molecule has 4 aliphatic carbocycles. The SMILES string of the molecule is CC[C@]12CCC3C(CCC4(C)C(=O)C(C)CC34)C1CCC(C)C2. The molecular formula is C22H36O. The molecule has 4 rings (SSSR count). The second-order valence-corrected chi connectivity index (χ2v) is 10.1. The fourth-order valence-corrected chi connectivity index (χ4v) is 8.05. The summed E-state index contributed by atoms with van der Waals surface area (Å²) in [5.74, 6) is 5.34. The third-order valence-electron chi connectivity index (χ3n) is 9.21. The maximum Gasteiger partial charge on any atom is 0.141 e. The third kappa shape index (κ3) is 2.13. The van der Waals surface area contributed by atoms with Crippen LogP contribution in [0, 0.1) is 46.3 Å². The zero-order valence-corrected chi connectivity index (χ0v) is 15.7. The minimum absolute atomic E-state index is 0.0365. The Kier molecular flexibility index (Phi) is 3.75. The van der Waals surface area contributed by atoms with Crippen molar-refractivity contribution in [3.8, 4) is 0 Å². The highest BCUT2D eigenvalue weighted by Crippen LogP contribution is 2.66. The van der Waals surface area contributed by atoms with Crippen molar-refractivity contribution < 1.29 is 4.79 Å². The van der Waals surface area contributed by atoms with Crippen molar-refractivity contribution in [2.24, 2.45) is 46.3 Å². The first-order chi connectivity index (χ1) is 10.9. The van der Waals surface area contributed by atoms with Crippen LogP contribution in [0.4, 0.5) is 0 Å². The Balaban J connectivity index is 1.64. The molecule has 0 aromatic heterocycles. The van der Waals surface area contributed by atoms with Gasteiger partial charge >= 0.3 is 0 Å². The summed E-state index contributed by atoms with van der Waals surface area (Å²) < 4.78 is 0. The predicted octanol–water partition coefficient (Wildman–Crippen LogP) is 5.87. The van der Waals surface area contributed by atoms with E-state index in [-0.39, 0.29) is 5.41 Å². The third-order valence-corrected chi connectivity index (χ3v) is 9.21. The van der Waals surface area contributed by atoms with E-state index in [1.54, 1.807) is 0 Å². The largest absolute Gasteiger partial charge is 0.299 e. The van der Waals surface area contributed by atoms with Crippen LogP contribution in [0.15, 0.2) is 0 Å². The van der Waals surface area contributed by atoms with Gasteiger partial charge in [0.15, 0.2) is 0 Å². The lowest BCUT2D eigenvalue weighted by Crippen LogP contribution is -2.52. The van der Waals surface area contributed by atoms with Crippen LogP contribution in [0.2, 0.25) is 0 Å².